The van der Waals surface area contributed by atoms with Gasteiger partial charge in [0.05, 0.1) is 10.9 Å². The van der Waals surface area contributed by atoms with Crippen LogP contribution in [0.15, 0.2) is 29.2 Å². The Labute approximate surface area is 173 Å². The van der Waals surface area contributed by atoms with Crippen LogP contribution in [0.5, 0.6) is 0 Å². The standard InChI is InChI=1S/C21H32FN3O3S/c1-15-6-4-9-20(16(15)2)23-21(26)17(3)24-10-12-25(13-11-24)29(27,28)19-8-5-7-18(22)14-19/h5,7-8,14-17,20H,4,6,9-13H2,1-3H3,(H,23,26)/t15-,16+,17+,20-/m0/s1. The molecular formula is C21H32FN3O3S. The van der Waals surface area contributed by atoms with E-state index in [1.807, 2.05) is 11.8 Å². The van der Waals surface area contributed by atoms with Gasteiger partial charge in [0.1, 0.15) is 5.82 Å². The van der Waals surface area contributed by atoms with Gasteiger partial charge in [0, 0.05) is 32.2 Å². The van der Waals surface area contributed by atoms with E-state index in [9.17, 15) is 17.6 Å². The summed E-state index contributed by atoms with van der Waals surface area (Å²) in [5.74, 6) is 0.521. The third-order valence-corrected chi connectivity index (χ3v) is 8.56. The van der Waals surface area contributed by atoms with E-state index in [0.29, 0.717) is 24.9 Å². The lowest BCUT2D eigenvalue weighted by molar-refractivity contribution is -0.127. The Bertz CT molecular complexity index is 824. The molecule has 3 rings (SSSR count). The minimum Gasteiger partial charge on any atom is -0.352 e. The number of carbonyl (C=O) groups is 1. The number of nitrogens with one attached hydrogen (secondary N) is 1. The van der Waals surface area contributed by atoms with E-state index in [-0.39, 0.29) is 36.0 Å². The zero-order chi connectivity index (χ0) is 21.2. The van der Waals surface area contributed by atoms with Crippen LogP contribution < -0.4 is 5.32 Å². The van der Waals surface area contributed by atoms with Gasteiger partial charge in [0.2, 0.25) is 15.9 Å². The van der Waals surface area contributed by atoms with E-state index >= 15 is 0 Å². The SMILES string of the molecule is C[C@H]1[C@@H](NC(=O)[C@@H](C)N2CCN(S(=O)(=O)c3cccc(F)c3)CC2)CCC[C@@H]1C. The maximum absolute atomic E-state index is 13.4. The summed E-state index contributed by atoms with van der Waals surface area (Å²) in [4.78, 5) is 14.8. The second kappa shape index (κ2) is 9.10. The summed E-state index contributed by atoms with van der Waals surface area (Å²) in [7, 11) is -3.72. The minimum absolute atomic E-state index is 0.0115. The molecule has 1 aliphatic carbocycles. The van der Waals surface area contributed by atoms with E-state index in [4.69, 9.17) is 0 Å². The number of carbonyl (C=O) groups excluding carboxylic acids is 1. The predicted molar refractivity (Wildman–Crippen MR) is 110 cm³/mol. The Morgan fingerprint density at radius 2 is 1.86 bits per heavy atom. The van der Waals surface area contributed by atoms with Crippen molar-refractivity contribution in [2.45, 2.75) is 57.0 Å². The molecule has 1 amide bonds. The maximum Gasteiger partial charge on any atom is 0.243 e. The van der Waals surface area contributed by atoms with Gasteiger partial charge in [0.25, 0.3) is 0 Å². The highest BCUT2D eigenvalue weighted by Gasteiger charge is 2.34. The van der Waals surface area contributed by atoms with E-state index < -0.39 is 15.8 Å². The van der Waals surface area contributed by atoms with E-state index in [1.165, 1.54) is 28.9 Å². The summed E-state index contributed by atoms with van der Waals surface area (Å²) in [6.07, 6.45) is 3.37. The lowest BCUT2D eigenvalue weighted by atomic mass is 9.78. The monoisotopic (exact) mass is 425 g/mol. The molecule has 1 N–H and O–H groups in total. The van der Waals surface area contributed by atoms with Crippen molar-refractivity contribution in [3.05, 3.63) is 30.1 Å². The van der Waals surface area contributed by atoms with Gasteiger partial charge in [-0.3, -0.25) is 9.69 Å². The summed E-state index contributed by atoms with van der Waals surface area (Å²) < 4.78 is 40.3. The van der Waals surface area contributed by atoms with Gasteiger partial charge in [-0.2, -0.15) is 4.31 Å². The molecule has 1 aromatic rings. The molecule has 1 aromatic carbocycles. The first-order chi connectivity index (χ1) is 13.7. The third-order valence-electron chi connectivity index (χ3n) is 6.67. The number of sulfonamides is 1. The molecule has 2 aliphatic rings. The molecule has 0 unspecified atom stereocenters. The van der Waals surface area contributed by atoms with Crippen molar-refractivity contribution in [2.24, 2.45) is 11.8 Å². The average Bonchev–Trinajstić information content (AvgIpc) is 2.71. The first kappa shape index (κ1) is 22.2. The molecule has 4 atom stereocenters. The van der Waals surface area contributed by atoms with Gasteiger partial charge in [-0.05, 0) is 43.4 Å². The van der Waals surface area contributed by atoms with Gasteiger partial charge in [-0.1, -0.05) is 32.8 Å². The zero-order valence-corrected chi connectivity index (χ0v) is 18.3. The summed E-state index contributed by atoms with van der Waals surface area (Å²) in [5.41, 5.74) is 0. The Morgan fingerprint density at radius 3 is 2.52 bits per heavy atom. The highest BCUT2D eigenvalue weighted by molar-refractivity contribution is 7.89. The molecule has 0 aromatic heterocycles. The first-order valence-corrected chi connectivity index (χ1v) is 11.9. The van der Waals surface area contributed by atoms with Gasteiger partial charge in [-0.25, -0.2) is 12.8 Å². The van der Waals surface area contributed by atoms with Gasteiger partial charge >= 0.3 is 0 Å². The second-order valence-electron chi connectivity index (χ2n) is 8.46. The van der Waals surface area contributed by atoms with Crippen LogP contribution in [-0.4, -0.2) is 61.8 Å². The first-order valence-electron chi connectivity index (χ1n) is 10.5. The van der Waals surface area contributed by atoms with Crippen LogP contribution in [0.1, 0.15) is 40.0 Å². The number of nitrogens with zero attached hydrogens (tertiary/aromatic N) is 2. The number of halogens is 1. The van der Waals surface area contributed by atoms with Crippen LogP contribution in [-0.2, 0) is 14.8 Å². The van der Waals surface area contributed by atoms with Crippen LogP contribution in [0, 0.1) is 17.7 Å². The van der Waals surface area contributed by atoms with E-state index in [1.54, 1.807) is 0 Å². The van der Waals surface area contributed by atoms with Crippen molar-refractivity contribution >= 4 is 15.9 Å². The molecule has 1 heterocycles. The third kappa shape index (κ3) is 4.98. The molecule has 2 fully saturated rings. The van der Waals surface area contributed by atoms with Crippen molar-refractivity contribution in [1.82, 2.24) is 14.5 Å². The smallest absolute Gasteiger partial charge is 0.243 e. The average molecular weight is 426 g/mol. The number of piperazine rings is 1. The summed E-state index contributed by atoms with van der Waals surface area (Å²) >= 11 is 0. The normalized spacial score (nSPS) is 28.1. The van der Waals surface area contributed by atoms with Crippen LogP contribution in [0.2, 0.25) is 0 Å². The highest BCUT2D eigenvalue weighted by Crippen LogP contribution is 2.29. The molecule has 0 bridgehead atoms. The van der Waals surface area contributed by atoms with Gasteiger partial charge < -0.3 is 5.32 Å². The predicted octanol–water partition coefficient (Wildman–Crippen LogP) is 2.46. The van der Waals surface area contributed by atoms with E-state index in [2.05, 4.69) is 19.2 Å². The fraction of sp³-hybridized carbons (Fsp3) is 0.667. The number of amides is 1. The molecule has 8 heteroatoms. The fourth-order valence-corrected chi connectivity index (χ4v) is 5.82. The molecule has 1 aliphatic heterocycles. The van der Waals surface area contributed by atoms with Crippen molar-refractivity contribution in [2.75, 3.05) is 26.2 Å². The van der Waals surface area contributed by atoms with Crippen LogP contribution >= 0.6 is 0 Å². The molecule has 162 valence electrons. The quantitative estimate of drug-likeness (QED) is 0.787. The number of rotatable bonds is 5. The molecular weight excluding hydrogens is 393 g/mol. The van der Waals surface area contributed by atoms with Crippen molar-refractivity contribution in [3.63, 3.8) is 0 Å². The molecule has 29 heavy (non-hydrogen) atoms. The van der Waals surface area contributed by atoms with Crippen LogP contribution in [0.25, 0.3) is 0 Å². The molecule has 1 saturated carbocycles. The summed E-state index contributed by atoms with van der Waals surface area (Å²) in [6.45, 7) is 7.84. The molecule has 0 radical (unpaired) electrons. The van der Waals surface area contributed by atoms with Crippen molar-refractivity contribution in [1.29, 1.82) is 0 Å². The van der Waals surface area contributed by atoms with Gasteiger partial charge in [-0.15, -0.1) is 0 Å². The number of benzene rings is 1. The van der Waals surface area contributed by atoms with Gasteiger partial charge in [0.15, 0.2) is 0 Å². The summed E-state index contributed by atoms with van der Waals surface area (Å²) in [6, 6.07) is 4.99. The van der Waals surface area contributed by atoms with Crippen LogP contribution in [0.3, 0.4) is 0 Å². The Morgan fingerprint density at radius 1 is 1.17 bits per heavy atom. The number of hydrogen-bond acceptors (Lipinski definition) is 4. The largest absolute Gasteiger partial charge is 0.352 e. The maximum atomic E-state index is 13.4. The number of hydrogen-bond donors (Lipinski definition) is 1. The summed E-state index contributed by atoms with van der Waals surface area (Å²) in [5, 5.41) is 3.22. The lowest BCUT2D eigenvalue weighted by Gasteiger charge is -2.39. The Kier molecular flexibility index (Phi) is 6.96. The van der Waals surface area contributed by atoms with Crippen molar-refractivity contribution in [3.8, 4) is 0 Å². The molecule has 0 spiro atoms. The fourth-order valence-electron chi connectivity index (χ4n) is 4.36. The van der Waals surface area contributed by atoms with Crippen LogP contribution in [0.4, 0.5) is 4.39 Å². The Balaban J connectivity index is 1.56. The van der Waals surface area contributed by atoms with E-state index in [0.717, 1.165) is 18.9 Å². The van der Waals surface area contributed by atoms with Crippen molar-refractivity contribution < 1.29 is 17.6 Å². The lowest BCUT2D eigenvalue weighted by Crippen LogP contribution is -2.56. The molecule has 1 saturated heterocycles. The minimum atomic E-state index is -3.72. The zero-order valence-electron chi connectivity index (χ0n) is 17.5. The topological polar surface area (TPSA) is 69.7 Å². The molecule has 6 nitrogen and oxygen atoms in total. The Hall–Kier alpha value is -1.51. The highest BCUT2D eigenvalue weighted by atomic mass is 32.2. The second-order valence-corrected chi connectivity index (χ2v) is 10.4.